The predicted molar refractivity (Wildman–Crippen MR) is 121 cm³/mol. The summed E-state index contributed by atoms with van der Waals surface area (Å²) in [5, 5.41) is 8.85. The smallest absolute Gasteiger partial charge is 0.225 e. The lowest BCUT2D eigenvalue weighted by molar-refractivity contribution is -0.122. The largest absolute Gasteiger partial charge is 0.369 e. The van der Waals surface area contributed by atoms with Crippen LogP contribution in [0.25, 0.3) is 11.3 Å². The van der Waals surface area contributed by atoms with Gasteiger partial charge in [-0.2, -0.15) is 5.10 Å². The predicted octanol–water partition coefficient (Wildman–Crippen LogP) is 3.34. The second-order valence-electron chi connectivity index (χ2n) is 10.1. The number of fused-ring (bicyclic) bond motifs is 5. The van der Waals surface area contributed by atoms with E-state index in [0.717, 1.165) is 29.8 Å². The van der Waals surface area contributed by atoms with Gasteiger partial charge in [0.25, 0.3) is 0 Å². The summed E-state index contributed by atoms with van der Waals surface area (Å²) in [7, 11) is 0. The summed E-state index contributed by atoms with van der Waals surface area (Å²) in [6, 6.07) is 7.51. The summed E-state index contributed by atoms with van der Waals surface area (Å²) in [6.07, 6.45) is 3.50. The Morgan fingerprint density at radius 3 is 2.59 bits per heavy atom. The number of amides is 1. The van der Waals surface area contributed by atoms with E-state index in [1.54, 1.807) is 12.3 Å². The molecule has 1 aliphatic heterocycles. The lowest BCUT2D eigenvalue weighted by atomic mass is 9.66. The Labute approximate surface area is 195 Å². The molecule has 2 N–H and O–H groups in total. The van der Waals surface area contributed by atoms with Gasteiger partial charge in [-0.15, -0.1) is 5.10 Å². The van der Waals surface area contributed by atoms with Crippen LogP contribution in [0.5, 0.6) is 0 Å². The number of carbonyl (C=O) groups excluding carboxylic acids is 1. The molecule has 6 rings (SSSR count). The van der Waals surface area contributed by atoms with E-state index in [0.29, 0.717) is 19.0 Å². The molecule has 1 amide bonds. The highest BCUT2D eigenvalue weighted by Crippen LogP contribution is 2.69. The molecular formula is C25H24F2N6O. The van der Waals surface area contributed by atoms with E-state index in [2.05, 4.69) is 29.0 Å². The van der Waals surface area contributed by atoms with Crippen molar-refractivity contribution in [1.29, 1.82) is 0 Å². The zero-order chi connectivity index (χ0) is 23.8. The third-order valence-corrected chi connectivity index (χ3v) is 8.25. The van der Waals surface area contributed by atoms with Crippen LogP contribution < -0.4 is 10.6 Å². The van der Waals surface area contributed by atoms with E-state index in [1.807, 2.05) is 11.0 Å². The minimum atomic E-state index is -0.657. The SMILES string of the molecule is CC1(C)[C@H]2CC[C@@]1(c1ccnc(N3CC(C(N)=O)C3)n1)c1nnc(-c3c(F)cccc3F)cc12. The van der Waals surface area contributed by atoms with Crippen LogP contribution in [-0.2, 0) is 10.2 Å². The zero-order valence-corrected chi connectivity index (χ0v) is 18.9. The lowest BCUT2D eigenvalue weighted by Gasteiger charge is -2.40. The van der Waals surface area contributed by atoms with Crippen molar-refractivity contribution >= 4 is 11.9 Å². The van der Waals surface area contributed by atoms with Crippen molar-refractivity contribution in [2.75, 3.05) is 18.0 Å². The number of carbonyl (C=O) groups is 1. The van der Waals surface area contributed by atoms with E-state index in [4.69, 9.17) is 10.7 Å². The van der Waals surface area contributed by atoms with E-state index < -0.39 is 17.0 Å². The first-order chi connectivity index (χ1) is 16.2. The zero-order valence-electron chi connectivity index (χ0n) is 18.9. The first kappa shape index (κ1) is 21.1. The van der Waals surface area contributed by atoms with Crippen LogP contribution >= 0.6 is 0 Å². The van der Waals surface area contributed by atoms with Gasteiger partial charge in [-0.1, -0.05) is 19.9 Å². The number of rotatable bonds is 4. The Balaban J connectivity index is 1.44. The summed E-state index contributed by atoms with van der Waals surface area (Å²) in [6.45, 7) is 5.41. The topological polar surface area (TPSA) is 97.9 Å². The van der Waals surface area contributed by atoms with Crippen molar-refractivity contribution in [2.45, 2.75) is 38.0 Å². The molecule has 34 heavy (non-hydrogen) atoms. The summed E-state index contributed by atoms with van der Waals surface area (Å²) >= 11 is 0. The minimum absolute atomic E-state index is 0.154. The minimum Gasteiger partial charge on any atom is -0.369 e. The van der Waals surface area contributed by atoms with Gasteiger partial charge >= 0.3 is 0 Å². The molecule has 9 heteroatoms. The molecular weight excluding hydrogens is 438 g/mol. The molecule has 3 heterocycles. The Kier molecular flexibility index (Phi) is 4.34. The molecule has 1 saturated carbocycles. The first-order valence-electron chi connectivity index (χ1n) is 11.4. The van der Waals surface area contributed by atoms with Crippen molar-refractivity contribution in [1.82, 2.24) is 20.2 Å². The van der Waals surface area contributed by atoms with Crippen molar-refractivity contribution in [3.05, 3.63) is 65.1 Å². The van der Waals surface area contributed by atoms with E-state index in [-0.39, 0.29) is 34.4 Å². The number of nitrogens with zero attached hydrogens (tertiary/aromatic N) is 5. The van der Waals surface area contributed by atoms with Crippen LogP contribution in [0.4, 0.5) is 14.7 Å². The van der Waals surface area contributed by atoms with Crippen molar-refractivity contribution in [3.63, 3.8) is 0 Å². The molecule has 0 unspecified atom stereocenters. The van der Waals surface area contributed by atoms with Crippen LogP contribution in [0.2, 0.25) is 0 Å². The lowest BCUT2D eigenvalue weighted by Crippen LogP contribution is -2.53. The number of aromatic nitrogens is 4. The maximum atomic E-state index is 14.4. The fraction of sp³-hybridized carbons (Fsp3) is 0.400. The highest BCUT2D eigenvalue weighted by atomic mass is 19.1. The average molecular weight is 463 g/mol. The summed E-state index contributed by atoms with van der Waals surface area (Å²) in [4.78, 5) is 22.7. The van der Waals surface area contributed by atoms with Crippen molar-refractivity contribution in [3.8, 4) is 11.3 Å². The molecule has 1 saturated heterocycles. The second kappa shape index (κ2) is 7.01. The molecule has 0 radical (unpaired) electrons. The Hall–Kier alpha value is -3.49. The Morgan fingerprint density at radius 2 is 1.88 bits per heavy atom. The standard InChI is InChI=1S/C25H24F2N6O/c1-24(2)15-6-8-25(24,19-7-9-29-23(30-19)33-11-13(12-33)22(28)34)21-14(15)10-18(31-32-21)20-16(26)4-3-5-17(20)27/h3-5,7,9-10,13,15H,6,8,11-12H2,1-2H3,(H2,28,34)/t15-,25+/m0/s1. The molecule has 174 valence electrons. The molecule has 7 nitrogen and oxygen atoms in total. The van der Waals surface area contributed by atoms with Crippen LogP contribution in [-0.4, -0.2) is 39.2 Å². The second-order valence-corrected chi connectivity index (χ2v) is 10.1. The maximum absolute atomic E-state index is 14.4. The highest BCUT2D eigenvalue weighted by Gasteiger charge is 2.65. The van der Waals surface area contributed by atoms with Gasteiger partial charge in [0.1, 0.15) is 11.6 Å². The highest BCUT2D eigenvalue weighted by molar-refractivity contribution is 5.79. The van der Waals surface area contributed by atoms with Gasteiger partial charge in [0.2, 0.25) is 11.9 Å². The summed E-state index contributed by atoms with van der Waals surface area (Å²) in [5.74, 6) is -1.09. The number of nitrogens with two attached hydrogens (primary N) is 1. The van der Waals surface area contributed by atoms with E-state index >= 15 is 0 Å². The summed E-state index contributed by atoms with van der Waals surface area (Å²) in [5.41, 5.74) is 7.38. The molecule has 2 bridgehead atoms. The summed E-state index contributed by atoms with van der Waals surface area (Å²) < 4.78 is 28.9. The number of halogens is 2. The number of hydrogen-bond acceptors (Lipinski definition) is 6. The van der Waals surface area contributed by atoms with Crippen LogP contribution in [0, 0.1) is 23.0 Å². The Bertz CT molecular complexity index is 1320. The van der Waals surface area contributed by atoms with Crippen molar-refractivity contribution < 1.29 is 13.6 Å². The number of hydrogen-bond donors (Lipinski definition) is 1. The van der Waals surface area contributed by atoms with Crippen molar-refractivity contribution in [2.24, 2.45) is 17.1 Å². The number of anilines is 1. The monoisotopic (exact) mass is 462 g/mol. The normalized spacial score (nSPS) is 24.7. The molecule has 1 aromatic carbocycles. The van der Waals surface area contributed by atoms with Gasteiger partial charge in [0.05, 0.1) is 34.0 Å². The first-order valence-corrected chi connectivity index (χ1v) is 11.4. The quantitative estimate of drug-likeness (QED) is 0.639. The molecule has 2 atom stereocenters. The number of primary amides is 1. The van der Waals surface area contributed by atoms with Crippen LogP contribution in [0.3, 0.4) is 0 Å². The van der Waals surface area contributed by atoms with Gasteiger partial charge in [-0.25, -0.2) is 18.7 Å². The third-order valence-electron chi connectivity index (χ3n) is 8.25. The fourth-order valence-corrected chi connectivity index (χ4v) is 6.32. The average Bonchev–Trinajstić information content (AvgIpc) is 3.14. The van der Waals surface area contributed by atoms with Gasteiger partial charge < -0.3 is 10.6 Å². The third kappa shape index (κ3) is 2.63. The molecule has 2 aromatic heterocycles. The van der Waals surface area contributed by atoms with Gasteiger partial charge in [-0.05, 0) is 54.0 Å². The maximum Gasteiger partial charge on any atom is 0.225 e. The molecule has 2 aliphatic carbocycles. The molecule has 2 fully saturated rings. The van der Waals surface area contributed by atoms with E-state index in [9.17, 15) is 13.6 Å². The molecule has 3 aliphatic rings. The van der Waals surface area contributed by atoms with Gasteiger partial charge in [0.15, 0.2) is 0 Å². The number of benzene rings is 1. The molecule has 3 aromatic rings. The van der Waals surface area contributed by atoms with Crippen LogP contribution in [0.1, 0.15) is 49.6 Å². The molecule has 0 spiro atoms. The van der Waals surface area contributed by atoms with Crippen LogP contribution in [0.15, 0.2) is 36.5 Å². The van der Waals surface area contributed by atoms with Gasteiger partial charge in [-0.3, -0.25) is 4.79 Å². The fourth-order valence-electron chi connectivity index (χ4n) is 6.32. The Morgan fingerprint density at radius 1 is 1.15 bits per heavy atom. The van der Waals surface area contributed by atoms with Gasteiger partial charge in [0, 0.05) is 19.3 Å². The van der Waals surface area contributed by atoms with E-state index in [1.165, 1.54) is 18.2 Å².